The average Bonchev–Trinajstić information content (AvgIpc) is 3.74. The summed E-state index contributed by atoms with van der Waals surface area (Å²) >= 11 is 0. The maximum Gasteiger partial charge on any atom is 0.0547 e. The van der Waals surface area contributed by atoms with Gasteiger partial charge in [0.2, 0.25) is 0 Å². The summed E-state index contributed by atoms with van der Waals surface area (Å²) in [6.07, 6.45) is 6.57. The van der Waals surface area contributed by atoms with Crippen LogP contribution in [0.5, 0.6) is 0 Å². The molecule has 0 N–H and O–H groups in total. The summed E-state index contributed by atoms with van der Waals surface area (Å²) in [6.45, 7) is 0. The molecule has 2 nitrogen and oxygen atoms in total. The molecule has 13 rings (SSSR count). The van der Waals surface area contributed by atoms with Crippen molar-refractivity contribution >= 4 is 81.8 Å². The molecule has 0 radical (unpaired) electrons. The van der Waals surface area contributed by atoms with E-state index >= 15 is 0 Å². The zero-order chi connectivity index (χ0) is 43.6. The van der Waals surface area contributed by atoms with E-state index in [4.69, 9.17) is 0 Å². The topological polar surface area (TPSA) is 8.17 Å². The Morgan fingerprint density at radius 2 is 0.970 bits per heavy atom. The maximum atomic E-state index is 2.49. The number of hydrogen-bond acceptors (Lipinski definition) is 1. The molecule has 0 unspecified atom stereocenters. The van der Waals surface area contributed by atoms with Crippen LogP contribution in [0.3, 0.4) is 0 Å². The lowest BCUT2D eigenvalue weighted by atomic mass is 9.91. The second-order valence-electron chi connectivity index (χ2n) is 17.6. The van der Waals surface area contributed by atoms with E-state index in [1.165, 1.54) is 104 Å². The van der Waals surface area contributed by atoms with E-state index in [0.29, 0.717) is 0 Å². The third-order valence-electron chi connectivity index (χ3n) is 13.9. The normalized spacial score (nSPS) is 12.9. The molecule has 1 aliphatic carbocycles. The fourth-order valence-electron chi connectivity index (χ4n) is 10.8. The number of anilines is 2. The molecule has 66 heavy (non-hydrogen) atoms. The van der Waals surface area contributed by atoms with Crippen LogP contribution in [0.1, 0.15) is 18.4 Å². The summed E-state index contributed by atoms with van der Waals surface area (Å²) in [7, 11) is 0. The smallest absolute Gasteiger partial charge is 0.0547 e. The van der Waals surface area contributed by atoms with Crippen molar-refractivity contribution in [2.24, 2.45) is 0 Å². The zero-order valence-electron chi connectivity index (χ0n) is 36.4. The molecule has 0 aliphatic heterocycles. The van der Waals surface area contributed by atoms with Crippen molar-refractivity contribution in [2.45, 2.75) is 12.8 Å². The predicted molar refractivity (Wildman–Crippen MR) is 282 cm³/mol. The molecule has 0 saturated heterocycles. The van der Waals surface area contributed by atoms with Gasteiger partial charge in [0.05, 0.1) is 11.0 Å². The quantitative estimate of drug-likeness (QED) is 0.145. The minimum absolute atomic E-state index is 0.905. The highest BCUT2D eigenvalue weighted by atomic mass is 15.1. The van der Waals surface area contributed by atoms with Crippen LogP contribution >= 0.6 is 0 Å². The Morgan fingerprint density at radius 3 is 1.77 bits per heavy atom. The molecule has 0 spiro atoms. The molecule has 12 aromatic rings. The van der Waals surface area contributed by atoms with Crippen LogP contribution in [-0.2, 0) is 0 Å². The first-order valence-electron chi connectivity index (χ1n) is 23.0. The number of para-hydroxylation sites is 1. The monoisotopic (exact) mass is 840 g/mol. The molecule has 0 saturated carbocycles. The maximum absolute atomic E-state index is 2.49. The van der Waals surface area contributed by atoms with Crippen LogP contribution in [0, 0.1) is 0 Å². The van der Waals surface area contributed by atoms with E-state index in [2.05, 4.69) is 252 Å². The molecule has 11 aromatic carbocycles. The van der Waals surface area contributed by atoms with Gasteiger partial charge in [-0.15, -0.1) is 0 Å². The Hall–Kier alpha value is -8.46. The van der Waals surface area contributed by atoms with Crippen molar-refractivity contribution in [3.8, 4) is 27.9 Å². The Kier molecular flexibility index (Phi) is 9.02. The Balaban J connectivity index is 0.985. The minimum Gasteiger partial charge on any atom is -0.314 e. The molecule has 1 aliphatic rings. The summed E-state index contributed by atoms with van der Waals surface area (Å²) in [5.74, 6) is 0. The summed E-state index contributed by atoms with van der Waals surface area (Å²) < 4.78 is 2.43. The third-order valence-corrected chi connectivity index (χ3v) is 13.9. The standard InChI is InChI=1S/C64H44N2/c1-2-20-49(21-3-1)66-61-30-14-29-57(64(61)63-56-25-9-5-16-44(56)35-40-62(63)66)47-19-12-22-52(41-47)65(50-36-31-45(32-37-50)54-28-13-18-43-15-4-7-23-53(43)54)51-38-33-46(34-39-51)60-42-48-17-6-8-24-55(48)58-26-10-11-27-59(58)60/h1-31,33-36,38-42H,32,37H2. The summed E-state index contributed by atoms with van der Waals surface area (Å²) in [6, 6.07) is 84.8. The van der Waals surface area contributed by atoms with Gasteiger partial charge in [0.25, 0.3) is 0 Å². The number of benzene rings is 11. The average molecular weight is 841 g/mol. The van der Waals surface area contributed by atoms with Gasteiger partial charge < -0.3 is 9.47 Å². The van der Waals surface area contributed by atoms with Gasteiger partial charge in [0.1, 0.15) is 0 Å². The minimum atomic E-state index is 0.905. The first kappa shape index (κ1) is 38.0. The van der Waals surface area contributed by atoms with Gasteiger partial charge in [0.15, 0.2) is 0 Å². The van der Waals surface area contributed by atoms with E-state index in [9.17, 15) is 0 Å². The fraction of sp³-hybridized carbons (Fsp3) is 0.0312. The largest absolute Gasteiger partial charge is 0.314 e. The van der Waals surface area contributed by atoms with Gasteiger partial charge in [-0.3, -0.25) is 0 Å². The highest BCUT2D eigenvalue weighted by molar-refractivity contribution is 6.25. The fourth-order valence-corrected chi connectivity index (χ4v) is 10.8. The van der Waals surface area contributed by atoms with Crippen molar-refractivity contribution in [1.82, 2.24) is 4.57 Å². The van der Waals surface area contributed by atoms with Gasteiger partial charge in [-0.05, 0) is 150 Å². The predicted octanol–water partition coefficient (Wildman–Crippen LogP) is 17.6. The van der Waals surface area contributed by atoms with Crippen LogP contribution in [0.25, 0.3) is 98.4 Å². The highest BCUT2D eigenvalue weighted by Gasteiger charge is 2.22. The Bertz CT molecular complexity index is 3920. The Labute approximate surface area is 384 Å². The first-order chi connectivity index (χ1) is 32.7. The number of allylic oxidation sites excluding steroid dienone is 4. The summed E-state index contributed by atoms with van der Waals surface area (Å²) in [4.78, 5) is 2.49. The van der Waals surface area contributed by atoms with Crippen molar-refractivity contribution in [3.05, 3.63) is 254 Å². The third kappa shape index (κ3) is 6.25. The van der Waals surface area contributed by atoms with E-state index in [1.54, 1.807) is 0 Å². The second-order valence-corrected chi connectivity index (χ2v) is 17.6. The lowest BCUT2D eigenvalue weighted by molar-refractivity contribution is 0.931. The van der Waals surface area contributed by atoms with Crippen LogP contribution in [-0.4, -0.2) is 4.57 Å². The SMILES string of the molecule is C1=C(c2cccc3ccccc23)CCC(N(c2ccc(-c3cc4ccccc4c4ccccc34)cc2)c2cccc(-c3cccc4c3c3c5ccccc5ccc3n4-c3ccccc3)c2)=C1. The van der Waals surface area contributed by atoms with Gasteiger partial charge >= 0.3 is 0 Å². The second kappa shape index (κ2) is 15.7. The molecule has 310 valence electrons. The van der Waals surface area contributed by atoms with E-state index in [1.807, 2.05) is 0 Å². The molecule has 1 heterocycles. The number of hydrogen-bond donors (Lipinski definition) is 0. The molecular weight excluding hydrogens is 797 g/mol. The molecule has 0 atom stereocenters. The molecule has 0 amide bonds. The lowest BCUT2D eigenvalue weighted by Gasteiger charge is -2.30. The molecule has 0 bridgehead atoms. The van der Waals surface area contributed by atoms with Gasteiger partial charge in [-0.1, -0.05) is 182 Å². The van der Waals surface area contributed by atoms with Crippen molar-refractivity contribution < 1.29 is 0 Å². The summed E-state index contributed by atoms with van der Waals surface area (Å²) in [5.41, 5.74) is 14.7. The van der Waals surface area contributed by atoms with Crippen molar-refractivity contribution in [3.63, 3.8) is 0 Å². The van der Waals surface area contributed by atoms with E-state index < -0.39 is 0 Å². The molecular formula is C64H44N2. The lowest BCUT2D eigenvalue weighted by Crippen LogP contribution is -2.18. The summed E-state index contributed by atoms with van der Waals surface area (Å²) in [5, 5.41) is 12.7. The molecule has 0 fully saturated rings. The van der Waals surface area contributed by atoms with E-state index in [0.717, 1.165) is 29.9 Å². The van der Waals surface area contributed by atoms with Crippen LogP contribution in [0.15, 0.2) is 248 Å². The van der Waals surface area contributed by atoms with Gasteiger partial charge in [0, 0.05) is 33.5 Å². The van der Waals surface area contributed by atoms with E-state index in [-0.39, 0.29) is 0 Å². The molecule has 1 aromatic heterocycles. The number of rotatable bonds is 7. The van der Waals surface area contributed by atoms with Crippen molar-refractivity contribution in [1.29, 1.82) is 0 Å². The Morgan fingerprint density at radius 1 is 0.333 bits per heavy atom. The number of nitrogens with zero attached hydrogens (tertiary/aromatic N) is 2. The van der Waals surface area contributed by atoms with Gasteiger partial charge in [-0.25, -0.2) is 0 Å². The zero-order valence-corrected chi connectivity index (χ0v) is 36.4. The van der Waals surface area contributed by atoms with Gasteiger partial charge in [-0.2, -0.15) is 0 Å². The number of aromatic nitrogens is 1. The highest BCUT2D eigenvalue weighted by Crippen LogP contribution is 2.45. The molecule has 2 heteroatoms. The van der Waals surface area contributed by atoms with Crippen LogP contribution in [0.2, 0.25) is 0 Å². The van der Waals surface area contributed by atoms with Crippen LogP contribution < -0.4 is 4.90 Å². The first-order valence-corrected chi connectivity index (χ1v) is 23.0. The van der Waals surface area contributed by atoms with Crippen LogP contribution in [0.4, 0.5) is 11.4 Å². The number of fused-ring (bicyclic) bond motifs is 9. The van der Waals surface area contributed by atoms with Crippen molar-refractivity contribution in [2.75, 3.05) is 4.90 Å².